The average molecular weight is 347 g/mol. The first kappa shape index (κ1) is 15.3. The van der Waals surface area contributed by atoms with Crippen LogP contribution in [-0.4, -0.2) is 18.4 Å². The third-order valence-electron chi connectivity index (χ3n) is 2.81. The number of carbonyl (C=O) groups excluding carboxylic acids is 2. The van der Waals surface area contributed by atoms with E-state index in [2.05, 4.69) is 26.6 Å². The Kier molecular flexibility index (Phi) is 5.11. The van der Waals surface area contributed by atoms with Gasteiger partial charge in [-0.25, -0.2) is 0 Å². The quantitative estimate of drug-likeness (QED) is 0.890. The summed E-state index contributed by atoms with van der Waals surface area (Å²) in [4.78, 5) is 23.9. The largest absolute Gasteiger partial charge is 0.352 e. The van der Waals surface area contributed by atoms with E-state index < -0.39 is 0 Å². The Morgan fingerprint density at radius 3 is 2.33 bits per heavy atom. The summed E-state index contributed by atoms with van der Waals surface area (Å²) in [6.07, 6.45) is 0. The molecule has 0 fully saturated rings. The molecule has 0 unspecified atom stereocenters. The summed E-state index contributed by atoms with van der Waals surface area (Å²) < 4.78 is 0.839. The minimum Gasteiger partial charge on any atom is -0.352 e. The summed E-state index contributed by atoms with van der Waals surface area (Å²) >= 11 is 3.33. The molecule has 0 aromatic heterocycles. The smallest absolute Gasteiger partial charge is 0.255 e. The van der Waals surface area contributed by atoms with Gasteiger partial charge in [0.1, 0.15) is 0 Å². The van der Waals surface area contributed by atoms with Crippen LogP contribution < -0.4 is 10.6 Å². The van der Waals surface area contributed by atoms with Gasteiger partial charge in [0.25, 0.3) is 11.8 Å². The van der Waals surface area contributed by atoms with Crippen molar-refractivity contribution in [2.45, 2.75) is 6.92 Å². The molecule has 0 bridgehead atoms. The fraction of sp³-hybridized carbons (Fsp3) is 0.125. The highest BCUT2D eigenvalue weighted by atomic mass is 79.9. The highest BCUT2D eigenvalue weighted by Crippen LogP contribution is 2.15. The number of nitrogens with one attached hydrogen (secondary N) is 2. The van der Waals surface area contributed by atoms with Gasteiger partial charge in [0.15, 0.2) is 0 Å². The number of carbonyl (C=O) groups is 2. The summed E-state index contributed by atoms with van der Waals surface area (Å²) in [5, 5.41) is 5.51. The standard InChI is InChI=1S/C16H15BrN2O2/c1-2-18-15(20)12-6-4-8-14(10-12)19-16(21)11-5-3-7-13(17)9-11/h3-10H,2H2,1H3,(H,18,20)(H,19,21). The van der Waals surface area contributed by atoms with Crippen LogP contribution >= 0.6 is 15.9 Å². The molecule has 0 aliphatic heterocycles. The van der Waals surface area contributed by atoms with Crippen molar-refractivity contribution in [2.24, 2.45) is 0 Å². The van der Waals surface area contributed by atoms with Crippen LogP contribution in [0.4, 0.5) is 5.69 Å². The van der Waals surface area contributed by atoms with E-state index in [0.29, 0.717) is 23.4 Å². The molecule has 4 nitrogen and oxygen atoms in total. The minimum absolute atomic E-state index is 0.156. The fourth-order valence-electron chi connectivity index (χ4n) is 1.83. The SMILES string of the molecule is CCNC(=O)c1cccc(NC(=O)c2cccc(Br)c2)c1. The molecule has 2 aromatic rings. The van der Waals surface area contributed by atoms with Crippen molar-refractivity contribution in [3.05, 3.63) is 64.1 Å². The normalized spacial score (nSPS) is 10.0. The Bertz CT molecular complexity index is 671. The first-order chi connectivity index (χ1) is 10.1. The monoisotopic (exact) mass is 346 g/mol. The molecule has 2 rings (SSSR count). The second-order valence-electron chi connectivity index (χ2n) is 4.40. The molecule has 0 aliphatic carbocycles. The van der Waals surface area contributed by atoms with Crippen molar-refractivity contribution in [3.8, 4) is 0 Å². The molecular formula is C16H15BrN2O2. The Balaban J connectivity index is 2.14. The lowest BCUT2D eigenvalue weighted by molar-refractivity contribution is 0.0954. The van der Waals surface area contributed by atoms with Gasteiger partial charge in [-0.05, 0) is 43.3 Å². The van der Waals surface area contributed by atoms with Gasteiger partial charge >= 0.3 is 0 Å². The Hall–Kier alpha value is -2.14. The first-order valence-corrected chi connectivity index (χ1v) is 7.34. The van der Waals surface area contributed by atoms with E-state index in [9.17, 15) is 9.59 Å². The van der Waals surface area contributed by atoms with Crippen LogP contribution in [0.3, 0.4) is 0 Å². The van der Waals surface area contributed by atoms with E-state index in [1.807, 2.05) is 13.0 Å². The predicted molar refractivity (Wildman–Crippen MR) is 86.5 cm³/mol. The topological polar surface area (TPSA) is 58.2 Å². The number of benzene rings is 2. The van der Waals surface area contributed by atoms with E-state index in [4.69, 9.17) is 0 Å². The van der Waals surface area contributed by atoms with Gasteiger partial charge in [-0.1, -0.05) is 28.1 Å². The molecule has 0 heterocycles. The molecule has 5 heteroatoms. The zero-order valence-electron chi connectivity index (χ0n) is 11.5. The van der Waals surface area contributed by atoms with Crippen molar-refractivity contribution in [1.82, 2.24) is 5.32 Å². The predicted octanol–water partition coefficient (Wildman–Crippen LogP) is 3.45. The van der Waals surface area contributed by atoms with Crippen molar-refractivity contribution in [3.63, 3.8) is 0 Å². The molecule has 0 radical (unpaired) electrons. The van der Waals surface area contributed by atoms with Crippen molar-refractivity contribution < 1.29 is 9.59 Å². The zero-order valence-corrected chi connectivity index (χ0v) is 13.1. The molecule has 0 aliphatic rings. The van der Waals surface area contributed by atoms with Crippen LogP contribution in [0.5, 0.6) is 0 Å². The van der Waals surface area contributed by atoms with Crippen molar-refractivity contribution >= 4 is 33.4 Å². The van der Waals surface area contributed by atoms with Crippen LogP contribution in [0, 0.1) is 0 Å². The van der Waals surface area contributed by atoms with Crippen molar-refractivity contribution in [2.75, 3.05) is 11.9 Å². The lowest BCUT2D eigenvalue weighted by atomic mass is 10.1. The zero-order chi connectivity index (χ0) is 15.2. The fourth-order valence-corrected chi connectivity index (χ4v) is 2.23. The molecule has 2 amide bonds. The number of halogens is 1. The highest BCUT2D eigenvalue weighted by molar-refractivity contribution is 9.10. The number of amides is 2. The molecule has 21 heavy (non-hydrogen) atoms. The first-order valence-electron chi connectivity index (χ1n) is 6.55. The van der Waals surface area contributed by atoms with Gasteiger partial charge in [0.2, 0.25) is 0 Å². The lowest BCUT2D eigenvalue weighted by Gasteiger charge is -2.08. The molecule has 0 atom stereocenters. The summed E-state index contributed by atoms with van der Waals surface area (Å²) in [5.74, 6) is -0.375. The molecule has 0 saturated heterocycles. The average Bonchev–Trinajstić information content (AvgIpc) is 2.48. The summed E-state index contributed by atoms with van der Waals surface area (Å²) in [6.45, 7) is 2.42. The molecule has 108 valence electrons. The summed E-state index contributed by atoms with van der Waals surface area (Å²) in [6, 6.07) is 14.0. The Morgan fingerprint density at radius 2 is 1.67 bits per heavy atom. The molecule has 2 aromatic carbocycles. The second-order valence-corrected chi connectivity index (χ2v) is 5.32. The van der Waals surface area contributed by atoms with E-state index >= 15 is 0 Å². The molecule has 0 saturated carbocycles. The van der Waals surface area contributed by atoms with Crippen LogP contribution in [0.1, 0.15) is 27.6 Å². The second kappa shape index (κ2) is 7.04. The van der Waals surface area contributed by atoms with E-state index in [1.165, 1.54) is 0 Å². The number of anilines is 1. The van der Waals surface area contributed by atoms with Gasteiger partial charge in [0, 0.05) is 27.8 Å². The summed E-state index contributed by atoms with van der Waals surface area (Å²) in [5.41, 5.74) is 1.65. The third kappa shape index (κ3) is 4.16. The van der Waals surface area contributed by atoms with Gasteiger partial charge < -0.3 is 10.6 Å². The van der Waals surface area contributed by atoms with Gasteiger partial charge in [-0.15, -0.1) is 0 Å². The number of hydrogen-bond donors (Lipinski definition) is 2. The van der Waals surface area contributed by atoms with Crippen LogP contribution in [-0.2, 0) is 0 Å². The molecule has 2 N–H and O–H groups in total. The van der Waals surface area contributed by atoms with E-state index in [0.717, 1.165) is 4.47 Å². The van der Waals surface area contributed by atoms with Crippen molar-refractivity contribution in [1.29, 1.82) is 0 Å². The Labute approximate surface area is 131 Å². The number of rotatable bonds is 4. The van der Waals surface area contributed by atoms with Gasteiger partial charge in [-0.3, -0.25) is 9.59 Å². The number of hydrogen-bond acceptors (Lipinski definition) is 2. The van der Waals surface area contributed by atoms with Crippen LogP contribution in [0.25, 0.3) is 0 Å². The maximum atomic E-state index is 12.1. The van der Waals surface area contributed by atoms with Crippen LogP contribution in [0.15, 0.2) is 53.0 Å². The van der Waals surface area contributed by atoms with Crippen LogP contribution in [0.2, 0.25) is 0 Å². The van der Waals surface area contributed by atoms with Gasteiger partial charge in [-0.2, -0.15) is 0 Å². The minimum atomic E-state index is -0.218. The summed E-state index contributed by atoms with van der Waals surface area (Å²) in [7, 11) is 0. The van der Waals surface area contributed by atoms with E-state index in [-0.39, 0.29) is 11.8 Å². The van der Waals surface area contributed by atoms with Gasteiger partial charge in [0.05, 0.1) is 0 Å². The molecular weight excluding hydrogens is 332 g/mol. The lowest BCUT2D eigenvalue weighted by Crippen LogP contribution is -2.22. The third-order valence-corrected chi connectivity index (χ3v) is 3.30. The maximum absolute atomic E-state index is 12.1. The Morgan fingerprint density at radius 1 is 1.00 bits per heavy atom. The highest BCUT2D eigenvalue weighted by Gasteiger charge is 2.09. The molecule has 0 spiro atoms. The maximum Gasteiger partial charge on any atom is 0.255 e. The van der Waals surface area contributed by atoms with E-state index in [1.54, 1.807) is 42.5 Å².